The maximum Gasteiger partial charge on any atom is 0.338 e. The number of esters is 1. The van der Waals surface area contributed by atoms with E-state index in [-0.39, 0.29) is 5.57 Å². The number of nitrogens with one attached hydrogen (secondary N) is 1. The van der Waals surface area contributed by atoms with E-state index >= 15 is 0 Å². The third-order valence-electron chi connectivity index (χ3n) is 3.37. The monoisotopic (exact) mass is 334 g/mol. The van der Waals surface area contributed by atoms with Crippen LogP contribution in [0.4, 0.5) is 5.69 Å². The molecule has 0 aliphatic rings. The number of hydrogen-bond donors (Lipinski definition) is 1. The quantitative estimate of drug-likeness (QED) is 0.513. The maximum atomic E-state index is 12.3. The first-order valence-electron chi connectivity index (χ1n) is 7.80. The minimum atomic E-state index is -0.507. The first-order valence-corrected chi connectivity index (χ1v) is 7.80. The molecular weight excluding hydrogens is 316 g/mol. The van der Waals surface area contributed by atoms with Crippen LogP contribution in [0.1, 0.15) is 28.4 Å². The summed E-state index contributed by atoms with van der Waals surface area (Å²) >= 11 is 0. The second kappa shape index (κ2) is 8.46. The van der Waals surface area contributed by atoms with Gasteiger partial charge < -0.3 is 10.1 Å². The summed E-state index contributed by atoms with van der Waals surface area (Å²) in [4.78, 5) is 23.9. The second-order valence-corrected chi connectivity index (χ2v) is 5.34. The van der Waals surface area contributed by atoms with Crippen LogP contribution in [0.25, 0.3) is 6.08 Å². The number of rotatable bonds is 5. The molecule has 126 valence electrons. The topological polar surface area (TPSA) is 79.2 Å². The fraction of sp³-hybridized carbons (Fsp3) is 0.150. The lowest BCUT2D eigenvalue weighted by Crippen LogP contribution is -2.13. The standard InChI is InChI=1S/C20H18N2O3/c1-3-25-20(24)16-7-9-18(10-8-16)22-19(23)17(13-21)12-15-6-4-5-14(2)11-15/h4-12H,3H2,1-2H3,(H,22,23)/b17-12+. The number of carbonyl (C=O) groups excluding carboxylic acids is 2. The van der Waals surface area contributed by atoms with Gasteiger partial charge in [0.1, 0.15) is 11.6 Å². The van der Waals surface area contributed by atoms with Gasteiger partial charge in [0.25, 0.3) is 5.91 Å². The summed E-state index contributed by atoms with van der Waals surface area (Å²) in [6, 6.07) is 15.7. The Balaban J connectivity index is 2.12. The van der Waals surface area contributed by atoms with E-state index in [0.717, 1.165) is 11.1 Å². The van der Waals surface area contributed by atoms with Gasteiger partial charge in [0.05, 0.1) is 12.2 Å². The fourth-order valence-corrected chi connectivity index (χ4v) is 2.18. The molecule has 5 heteroatoms. The number of nitriles is 1. The maximum absolute atomic E-state index is 12.3. The molecule has 0 aromatic heterocycles. The van der Waals surface area contributed by atoms with Crippen molar-refractivity contribution in [2.45, 2.75) is 13.8 Å². The van der Waals surface area contributed by atoms with Gasteiger partial charge in [0, 0.05) is 5.69 Å². The van der Waals surface area contributed by atoms with Crippen LogP contribution in [0.2, 0.25) is 0 Å². The third-order valence-corrected chi connectivity index (χ3v) is 3.37. The molecule has 25 heavy (non-hydrogen) atoms. The van der Waals surface area contributed by atoms with E-state index in [1.807, 2.05) is 37.3 Å². The predicted octanol–water partition coefficient (Wildman–Crippen LogP) is 3.72. The van der Waals surface area contributed by atoms with Crippen molar-refractivity contribution in [3.05, 3.63) is 70.8 Å². The van der Waals surface area contributed by atoms with Crippen LogP contribution in [0.15, 0.2) is 54.1 Å². The molecule has 0 radical (unpaired) electrons. The van der Waals surface area contributed by atoms with Gasteiger partial charge in [0.15, 0.2) is 0 Å². The van der Waals surface area contributed by atoms with Crippen molar-refractivity contribution >= 4 is 23.6 Å². The van der Waals surface area contributed by atoms with E-state index < -0.39 is 11.9 Å². The summed E-state index contributed by atoms with van der Waals surface area (Å²) in [6.45, 7) is 3.97. The summed E-state index contributed by atoms with van der Waals surface area (Å²) < 4.78 is 4.90. The molecule has 0 bridgehead atoms. The minimum absolute atomic E-state index is 0.0000641. The molecule has 0 heterocycles. The van der Waals surface area contributed by atoms with Crippen LogP contribution in [-0.4, -0.2) is 18.5 Å². The number of ether oxygens (including phenoxy) is 1. The highest BCUT2D eigenvalue weighted by Gasteiger charge is 2.11. The lowest BCUT2D eigenvalue weighted by Gasteiger charge is -2.06. The van der Waals surface area contributed by atoms with Gasteiger partial charge in [0.2, 0.25) is 0 Å². The van der Waals surface area contributed by atoms with Gasteiger partial charge in [-0.2, -0.15) is 5.26 Å². The van der Waals surface area contributed by atoms with Crippen molar-refractivity contribution in [2.24, 2.45) is 0 Å². The highest BCUT2D eigenvalue weighted by atomic mass is 16.5. The molecule has 0 saturated carbocycles. The Labute approximate surface area is 146 Å². The van der Waals surface area contributed by atoms with E-state index in [4.69, 9.17) is 4.74 Å². The zero-order valence-electron chi connectivity index (χ0n) is 14.1. The van der Waals surface area contributed by atoms with E-state index in [1.54, 1.807) is 31.2 Å². The SMILES string of the molecule is CCOC(=O)c1ccc(NC(=O)/C(C#N)=C/c2cccc(C)c2)cc1. The average molecular weight is 334 g/mol. The molecule has 2 aromatic carbocycles. The lowest BCUT2D eigenvalue weighted by molar-refractivity contribution is -0.112. The molecule has 0 unspecified atom stereocenters. The van der Waals surface area contributed by atoms with Gasteiger partial charge in [-0.15, -0.1) is 0 Å². The summed E-state index contributed by atoms with van der Waals surface area (Å²) in [6.07, 6.45) is 1.54. The lowest BCUT2D eigenvalue weighted by atomic mass is 10.1. The first-order chi connectivity index (χ1) is 12.0. The van der Waals surface area contributed by atoms with Crippen LogP contribution in [0.3, 0.4) is 0 Å². The molecule has 0 saturated heterocycles. The minimum Gasteiger partial charge on any atom is -0.462 e. The summed E-state index contributed by atoms with van der Waals surface area (Å²) in [5.74, 6) is -0.926. The van der Waals surface area contributed by atoms with Crippen molar-refractivity contribution in [1.29, 1.82) is 5.26 Å². The van der Waals surface area contributed by atoms with Gasteiger partial charge in [-0.25, -0.2) is 4.79 Å². The number of anilines is 1. The Morgan fingerprint density at radius 2 is 1.92 bits per heavy atom. The van der Waals surface area contributed by atoms with Crippen molar-refractivity contribution in [3.63, 3.8) is 0 Å². The zero-order chi connectivity index (χ0) is 18.2. The molecule has 0 atom stereocenters. The molecular formula is C20H18N2O3. The molecule has 1 N–H and O–H groups in total. The second-order valence-electron chi connectivity index (χ2n) is 5.34. The van der Waals surface area contributed by atoms with E-state index in [1.165, 1.54) is 6.08 Å². The van der Waals surface area contributed by atoms with E-state index in [9.17, 15) is 14.9 Å². The number of hydrogen-bond acceptors (Lipinski definition) is 4. The van der Waals surface area contributed by atoms with E-state index in [0.29, 0.717) is 17.9 Å². The molecule has 1 amide bonds. The van der Waals surface area contributed by atoms with Crippen molar-refractivity contribution in [1.82, 2.24) is 0 Å². The summed E-state index contributed by atoms with van der Waals surface area (Å²) in [5, 5.41) is 11.9. The molecule has 2 rings (SSSR count). The normalized spacial score (nSPS) is 10.7. The van der Waals surface area contributed by atoms with Crippen LogP contribution in [0.5, 0.6) is 0 Å². The third kappa shape index (κ3) is 5.05. The highest BCUT2D eigenvalue weighted by molar-refractivity contribution is 6.09. The molecule has 0 aliphatic carbocycles. The Bertz CT molecular complexity index is 846. The Morgan fingerprint density at radius 3 is 2.52 bits per heavy atom. The molecule has 0 aliphatic heterocycles. The smallest absolute Gasteiger partial charge is 0.338 e. The van der Waals surface area contributed by atoms with Crippen molar-refractivity contribution in [3.8, 4) is 6.07 Å². The number of nitrogens with zero attached hydrogens (tertiary/aromatic N) is 1. The van der Waals surface area contributed by atoms with Crippen LogP contribution >= 0.6 is 0 Å². The number of benzene rings is 2. The molecule has 2 aromatic rings. The summed E-state index contributed by atoms with van der Waals surface area (Å²) in [7, 11) is 0. The number of aryl methyl sites for hydroxylation is 1. The summed E-state index contributed by atoms with van der Waals surface area (Å²) in [5.41, 5.74) is 2.71. The number of carbonyl (C=O) groups is 2. The van der Waals surface area contributed by atoms with E-state index in [2.05, 4.69) is 5.32 Å². The average Bonchev–Trinajstić information content (AvgIpc) is 2.60. The van der Waals surface area contributed by atoms with Gasteiger partial charge >= 0.3 is 5.97 Å². The molecule has 0 spiro atoms. The van der Waals surface area contributed by atoms with Gasteiger partial charge in [-0.1, -0.05) is 29.8 Å². The van der Waals surface area contributed by atoms with Crippen LogP contribution < -0.4 is 5.32 Å². The van der Waals surface area contributed by atoms with Crippen LogP contribution in [-0.2, 0) is 9.53 Å². The Morgan fingerprint density at radius 1 is 1.20 bits per heavy atom. The van der Waals surface area contributed by atoms with Gasteiger partial charge in [-0.3, -0.25) is 4.79 Å². The van der Waals surface area contributed by atoms with Crippen molar-refractivity contribution in [2.75, 3.05) is 11.9 Å². The van der Waals surface area contributed by atoms with Crippen LogP contribution in [0, 0.1) is 18.3 Å². The zero-order valence-corrected chi connectivity index (χ0v) is 14.1. The fourth-order valence-electron chi connectivity index (χ4n) is 2.18. The Hall–Kier alpha value is -3.39. The molecule has 0 fully saturated rings. The predicted molar refractivity (Wildman–Crippen MR) is 95.8 cm³/mol. The number of amides is 1. The first kappa shape index (κ1) is 18.0. The van der Waals surface area contributed by atoms with Gasteiger partial charge in [-0.05, 0) is 49.8 Å². The largest absolute Gasteiger partial charge is 0.462 e. The van der Waals surface area contributed by atoms with Crippen molar-refractivity contribution < 1.29 is 14.3 Å². The Kier molecular flexibility index (Phi) is 6.08. The highest BCUT2D eigenvalue weighted by Crippen LogP contribution is 2.14. The molecule has 5 nitrogen and oxygen atoms in total.